The number of nitrogens with one attached hydrogen (secondary N) is 1. The van der Waals surface area contributed by atoms with Crippen molar-refractivity contribution in [2.24, 2.45) is 0 Å². The molecule has 2 rings (SSSR count). The van der Waals surface area contributed by atoms with Gasteiger partial charge in [0.15, 0.2) is 0 Å². The predicted octanol–water partition coefficient (Wildman–Crippen LogP) is 4.66. The molecule has 3 heteroatoms. The number of aryl methyl sites for hydroxylation is 1. The first-order chi connectivity index (χ1) is 9.98. The van der Waals surface area contributed by atoms with E-state index in [1.54, 1.807) is 0 Å². The summed E-state index contributed by atoms with van der Waals surface area (Å²) in [6.45, 7) is 5.06. The zero-order valence-corrected chi connectivity index (χ0v) is 14.2. The van der Waals surface area contributed by atoms with E-state index in [-0.39, 0.29) is 5.54 Å². The van der Waals surface area contributed by atoms with Gasteiger partial charge in [0.1, 0.15) is 5.75 Å². The Kier molecular flexibility index (Phi) is 5.43. The van der Waals surface area contributed by atoms with E-state index in [2.05, 4.69) is 59.4 Å². The lowest BCUT2D eigenvalue weighted by Crippen LogP contribution is -2.39. The summed E-state index contributed by atoms with van der Waals surface area (Å²) in [7, 11) is 0. The van der Waals surface area contributed by atoms with Crippen molar-refractivity contribution in [3.63, 3.8) is 0 Å². The van der Waals surface area contributed by atoms with E-state index in [1.807, 2.05) is 24.3 Å². The minimum absolute atomic E-state index is 0.0185. The first-order valence-corrected chi connectivity index (χ1v) is 8.02. The maximum absolute atomic E-state index is 10.0. The van der Waals surface area contributed by atoms with Crippen LogP contribution in [0.5, 0.6) is 5.75 Å². The fourth-order valence-electron chi connectivity index (χ4n) is 2.23. The van der Waals surface area contributed by atoms with Gasteiger partial charge in [0.25, 0.3) is 0 Å². The Hall–Kier alpha value is -1.32. The SMILES string of the molecule is CC(C)(CCc1ccccc1)NCc1cccc(Br)c1O. The number of hydrogen-bond donors (Lipinski definition) is 2. The topological polar surface area (TPSA) is 32.3 Å². The zero-order chi connectivity index (χ0) is 15.3. The minimum atomic E-state index is 0.0185. The highest BCUT2D eigenvalue weighted by atomic mass is 79.9. The molecule has 0 aliphatic rings. The van der Waals surface area contributed by atoms with Crippen LogP contribution in [0.15, 0.2) is 53.0 Å². The van der Waals surface area contributed by atoms with Crippen LogP contribution in [0.1, 0.15) is 31.4 Å². The third-order valence-corrected chi connectivity index (χ3v) is 4.35. The third-order valence-electron chi connectivity index (χ3n) is 3.71. The number of benzene rings is 2. The lowest BCUT2D eigenvalue weighted by molar-refractivity contribution is 0.356. The number of phenols is 1. The van der Waals surface area contributed by atoms with E-state index >= 15 is 0 Å². The summed E-state index contributed by atoms with van der Waals surface area (Å²) >= 11 is 3.35. The van der Waals surface area contributed by atoms with Gasteiger partial charge in [-0.25, -0.2) is 0 Å². The van der Waals surface area contributed by atoms with Crippen LogP contribution in [0, 0.1) is 0 Å². The average Bonchev–Trinajstić information content (AvgIpc) is 2.48. The first-order valence-electron chi connectivity index (χ1n) is 7.23. The lowest BCUT2D eigenvalue weighted by Gasteiger charge is -2.27. The molecule has 112 valence electrons. The van der Waals surface area contributed by atoms with Gasteiger partial charge in [-0.1, -0.05) is 42.5 Å². The largest absolute Gasteiger partial charge is 0.506 e. The van der Waals surface area contributed by atoms with Crippen LogP contribution in [-0.4, -0.2) is 10.6 Å². The van der Waals surface area contributed by atoms with Gasteiger partial charge >= 0.3 is 0 Å². The Morgan fingerprint density at radius 1 is 1.05 bits per heavy atom. The lowest BCUT2D eigenvalue weighted by atomic mass is 9.95. The van der Waals surface area contributed by atoms with Crippen LogP contribution in [0.25, 0.3) is 0 Å². The Balaban J connectivity index is 1.90. The molecule has 0 aromatic heterocycles. The predicted molar refractivity (Wildman–Crippen MR) is 91.5 cm³/mol. The Morgan fingerprint density at radius 2 is 1.76 bits per heavy atom. The molecule has 0 atom stereocenters. The van der Waals surface area contributed by atoms with Gasteiger partial charge in [-0.2, -0.15) is 0 Å². The highest BCUT2D eigenvalue weighted by Gasteiger charge is 2.17. The fraction of sp³-hybridized carbons (Fsp3) is 0.333. The van der Waals surface area contributed by atoms with Crippen molar-refractivity contribution in [1.82, 2.24) is 5.32 Å². The van der Waals surface area contributed by atoms with Crippen molar-refractivity contribution in [2.75, 3.05) is 0 Å². The second kappa shape index (κ2) is 7.10. The van der Waals surface area contributed by atoms with E-state index in [9.17, 15) is 5.11 Å². The molecule has 0 saturated heterocycles. The van der Waals surface area contributed by atoms with Crippen molar-refractivity contribution in [1.29, 1.82) is 0 Å². The second-order valence-electron chi connectivity index (χ2n) is 5.97. The number of phenolic OH excluding ortho intramolecular Hbond substituents is 1. The summed E-state index contributed by atoms with van der Waals surface area (Å²) in [6, 6.07) is 16.3. The molecule has 0 heterocycles. The summed E-state index contributed by atoms with van der Waals surface area (Å²) in [4.78, 5) is 0. The van der Waals surface area contributed by atoms with Crippen molar-refractivity contribution in [3.05, 3.63) is 64.1 Å². The van der Waals surface area contributed by atoms with Crippen LogP contribution < -0.4 is 5.32 Å². The molecule has 0 amide bonds. The summed E-state index contributed by atoms with van der Waals surface area (Å²) in [5.74, 6) is 0.323. The molecule has 2 aromatic rings. The molecule has 0 aliphatic heterocycles. The third kappa shape index (κ3) is 4.87. The van der Waals surface area contributed by atoms with Gasteiger partial charge in [0, 0.05) is 17.6 Å². The van der Waals surface area contributed by atoms with E-state index < -0.39 is 0 Å². The molecule has 0 aliphatic carbocycles. The summed E-state index contributed by atoms with van der Waals surface area (Å²) in [5.41, 5.74) is 2.29. The van der Waals surface area contributed by atoms with E-state index in [0.717, 1.165) is 22.9 Å². The van der Waals surface area contributed by atoms with Gasteiger partial charge < -0.3 is 10.4 Å². The minimum Gasteiger partial charge on any atom is -0.506 e. The average molecular weight is 348 g/mol. The molecule has 0 bridgehead atoms. The number of para-hydroxylation sites is 1. The summed E-state index contributed by atoms with van der Waals surface area (Å²) in [6.07, 6.45) is 2.09. The number of hydrogen-bond acceptors (Lipinski definition) is 2. The van der Waals surface area contributed by atoms with Gasteiger partial charge in [0.2, 0.25) is 0 Å². The fourth-order valence-corrected chi connectivity index (χ4v) is 2.63. The van der Waals surface area contributed by atoms with Crippen LogP contribution in [0.4, 0.5) is 0 Å². The van der Waals surface area contributed by atoms with Crippen molar-refractivity contribution >= 4 is 15.9 Å². The van der Waals surface area contributed by atoms with Crippen molar-refractivity contribution in [2.45, 2.75) is 38.8 Å². The zero-order valence-electron chi connectivity index (χ0n) is 12.6. The van der Waals surface area contributed by atoms with E-state index in [4.69, 9.17) is 0 Å². The van der Waals surface area contributed by atoms with E-state index in [1.165, 1.54) is 5.56 Å². The normalized spacial score (nSPS) is 11.6. The van der Waals surface area contributed by atoms with Gasteiger partial charge in [-0.15, -0.1) is 0 Å². The van der Waals surface area contributed by atoms with Crippen LogP contribution in [-0.2, 0) is 13.0 Å². The summed E-state index contributed by atoms with van der Waals surface area (Å²) in [5, 5.41) is 13.5. The summed E-state index contributed by atoms with van der Waals surface area (Å²) < 4.78 is 0.740. The van der Waals surface area contributed by atoms with Crippen molar-refractivity contribution in [3.8, 4) is 5.75 Å². The maximum Gasteiger partial charge on any atom is 0.134 e. The molecule has 2 aromatic carbocycles. The highest BCUT2D eigenvalue weighted by molar-refractivity contribution is 9.10. The molecule has 2 N–H and O–H groups in total. The van der Waals surface area contributed by atoms with Crippen molar-refractivity contribution < 1.29 is 5.11 Å². The molecule has 0 radical (unpaired) electrons. The maximum atomic E-state index is 10.0. The number of rotatable bonds is 6. The molecule has 0 spiro atoms. The van der Waals surface area contributed by atoms with Crippen LogP contribution >= 0.6 is 15.9 Å². The van der Waals surface area contributed by atoms with Gasteiger partial charge in [0.05, 0.1) is 4.47 Å². The molecule has 21 heavy (non-hydrogen) atoms. The Bertz CT molecular complexity index is 581. The molecular weight excluding hydrogens is 326 g/mol. The van der Waals surface area contributed by atoms with Crippen LogP contribution in [0.3, 0.4) is 0 Å². The number of aromatic hydroxyl groups is 1. The monoisotopic (exact) mass is 347 g/mol. The Labute approximate surface area is 135 Å². The molecule has 2 nitrogen and oxygen atoms in total. The first kappa shape index (κ1) is 16.1. The smallest absolute Gasteiger partial charge is 0.134 e. The highest BCUT2D eigenvalue weighted by Crippen LogP contribution is 2.27. The second-order valence-corrected chi connectivity index (χ2v) is 6.82. The van der Waals surface area contributed by atoms with Gasteiger partial charge in [-0.05, 0) is 54.2 Å². The van der Waals surface area contributed by atoms with Crippen LogP contribution in [0.2, 0.25) is 0 Å². The van der Waals surface area contributed by atoms with Gasteiger partial charge in [-0.3, -0.25) is 0 Å². The number of halogens is 1. The standard InChI is InChI=1S/C18H22BrNO/c1-18(2,12-11-14-7-4-3-5-8-14)20-13-15-9-6-10-16(19)17(15)21/h3-10,20-21H,11-13H2,1-2H3. The Morgan fingerprint density at radius 3 is 2.48 bits per heavy atom. The molecule has 0 fully saturated rings. The molecular formula is C18H22BrNO. The molecule has 0 unspecified atom stereocenters. The van der Waals surface area contributed by atoms with E-state index in [0.29, 0.717) is 12.3 Å². The molecule has 0 saturated carbocycles. The quantitative estimate of drug-likeness (QED) is 0.796.